The summed E-state index contributed by atoms with van der Waals surface area (Å²) in [4.78, 5) is 39.7. The van der Waals surface area contributed by atoms with E-state index in [1.165, 1.54) is 6.20 Å². The number of nitrogens with zero attached hydrogens (tertiary/aromatic N) is 3. The van der Waals surface area contributed by atoms with E-state index in [0.29, 0.717) is 44.0 Å². The van der Waals surface area contributed by atoms with Crippen LogP contribution in [0.25, 0.3) is 10.9 Å². The highest BCUT2D eigenvalue weighted by molar-refractivity contribution is 5.93. The molecule has 0 atom stereocenters. The lowest BCUT2D eigenvalue weighted by molar-refractivity contribution is 0.0694. The Hall–Kier alpha value is -3.10. The standard InChI is InChI=1S/C22H26FN3O5/c1-2-3-10-31-22(30)25-8-6-24(7-9-25)19-12-18-15(11-17(19)23)20(27)16(21(28)29)13-26(18)14-4-5-14/h11-14H,2-10H2,1H3,(H,28,29). The second-order valence-corrected chi connectivity index (χ2v) is 8.08. The van der Waals surface area contributed by atoms with Gasteiger partial charge in [0.1, 0.15) is 11.4 Å². The van der Waals surface area contributed by atoms with E-state index >= 15 is 0 Å². The zero-order valence-electron chi connectivity index (χ0n) is 17.5. The van der Waals surface area contributed by atoms with Crippen LogP contribution in [0.15, 0.2) is 23.1 Å². The van der Waals surface area contributed by atoms with Crippen LogP contribution in [0.2, 0.25) is 0 Å². The summed E-state index contributed by atoms with van der Waals surface area (Å²) < 4.78 is 22.0. The molecule has 9 heteroatoms. The topological polar surface area (TPSA) is 92.1 Å². The lowest BCUT2D eigenvalue weighted by atomic mass is 10.1. The number of benzene rings is 1. The average Bonchev–Trinajstić information content (AvgIpc) is 3.59. The Kier molecular flexibility index (Phi) is 5.84. The van der Waals surface area contributed by atoms with E-state index in [2.05, 4.69) is 0 Å². The molecule has 2 aromatic rings. The van der Waals surface area contributed by atoms with Gasteiger partial charge in [0.25, 0.3) is 0 Å². The Labute approximate surface area is 178 Å². The monoisotopic (exact) mass is 431 g/mol. The van der Waals surface area contributed by atoms with Crippen LogP contribution in [0.1, 0.15) is 49.0 Å². The highest BCUT2D eigenvalue weighted by atomic mass is 19.1. The Morgan fingerprint density at radius 3 is 2.52 bits per heavy atom. The zero-order chi connectivity index (χ0) is 22.1. The van der Waals surface area contributed by atoms with Crippen molar-refractivity contribution in [3.05, 3.63) is 39.9 Å². The molecule has 8 nitrogen and oxygen atoms in total. The predicted octanol–water partition coefficient (Wildman–Crippen LogP) is 3.23. The van der Waals surface area contributed by atoms with Gasteiger partial charge in [-0.2, -0.15) is 0 Å². The molecule has 2 aliphatic rings. The van der Waals surface area contributed by atoms with Gasteiger partial charge in [-0.05, 0) is 31.4 Å². The maximum Gasteiger partial charge on any atom is 0.409 e. The van der Waals surface area contributed by atoms with Gasteiger partial charge < -0.3 is 24.2 Å². The Morgan fingerprint density at radius 1 is 1.19 bits per heavy atom. The number of aromatic nitrogens is 1. The molecule has 166 valence electrons. The number of rotatable bonds is 6. The van der Waals surface area contributed by atoms with Crippen molar-refractivity contribution >= 4 is 28.7 Å². The molecule has 1 amide bonds. The van der Waals surface area contributed by atoms with Crippen molar-refractivity contribution in [3.8, 4) is 0 Å². The molecule has 1 aliphatic carbocycles. The molecular formula is C22H26FN3O5. The van der Waals surface area contributed by atoms with Crippen molar-refractivity contribution in [1.29, 1.82) is 0 Å². The molecule has 1 saturated carbocycles. The zero-order valence-corrected chi connectivity index (χ0v) is 17.5. The van der Waals surface area contributed by atoms with Crippen molar-refractivity contribution in [2.75, 3.05) is 37.7 Å². The van der Waals surface area contributed by atoms with E-state index < -0.39 is 17.2 Å². The number of pyridine rings is 1. The van der Waals surface area contributed by atoms with Gasteiger partial charge in [-0.25, -0.2) is 14.0 Å². The number of amides is 1. The highest BCUT2D eigenvalue weighted by Crippen LogP contribution is 2.38. The molecular weight excluding hydrogens is 405 g/mol. The normalized spacial score (nSPS) is 16.6. The van der Waals surface area contributed by atoms with Crippen molar-refractivity contribution in [3.63, 3.8) is 0 Å². The molecule has 1 aromatic carbocycles. The van der Waals surface area contributed by atoms with Crippen LogP contribution < -0.4 is 10.3 Å². The molecule has 0 spiro atoms. The van der Waals surface area contributed by atoms with E-state index in [1.807, 2.05) is 11.8 Å². The number of carboxylic acids is 1. The number of hydrogen-bond acceptors (Lipinski definition) is 5. The number of carboxylic acid groups (broad SMARTS) is 1. The molecule has 1 aliphatic heterocycles. The maximum absolute atomic E-state index is 15.0. The number of carbonyl (C=O) groups excluding carboxylic acids is 1. The molecule has 1 saturated heterocycles. The minimum absolute atomic E-state index is 0.0752. The van der Waals surface area contributed by atoms with Crippen LogP contribution in [0, 0.1) is 5.82 Å². The molecule has 0 bridgehead atoms. The molecule has 4 rings (SSSR count). The van der Waals surface area contributed by atoms with Gasteiger partial charge in [-0.15, -0.1) is 0 Å². The third-order valence-corrected chi connectivity index (χ3v) is 5.87. The molecule has 1 N–H and O–H groups in total. The van der Waals surface area contributed by atoms with Crippen molar-refractivity contribution in [1.82, 2.24) is 9.47 Å². The first-order chi connectivity index (χ1) is 14.9. The third-order valence-electron chi connectivity index (χ3n) is 5.87. The number of anilines is 1. The molecule has 2 fully saturated rings. The third kappa shape index (κ3) is 4.22. The number of unbranched alkanes of at least 4 members (excludes halogenated alkanes) is 1. The summed E-state index contributed by atoms with van der Waals surface area (Å²) in [5, 5.41) is 9.43. The first-order valence-electron chi connectivity index (χ1n) is 10.7. The largest absolute Gasteiger partial charge is 0.477 e. The average molecular weight is 431 g/mol. The van der Waals surface area contributed by atoms with E-state index in [1.54, 1.807) is 15.5 Å². The first-order valence-corrected chi connectivity index (χ1v) is 10.7. The van der Waals surface area contributed by atoms with Crippen LogP contribution >= 0.6 is 0 Å². The number of halogens is 1. The van der Waals surface area contributed by atoms with Crippen molar-refractivity contribution < 1.29 is 23.8 Å². The smallest absolute Gasteiger partial charge is 0.409 e. The van der Waals surface area contributed by atoms with Crippen LogP contribution in [0.5, 0.6) is 0 Å². The van der Waals surface area contributed by atoms with Gasteiger partial charge in [0.15, 0.2) is 0 Å². The molecule has 31 heavy (non-hydrogen) atoms. The number of ether oxygens (including phenoxy) is 1. The lowest BCUT2D eigenvalue weighted by Crippen LogP contribution is -2.49. The lowest BCUT2D eigenvalue weighted by Gasteiger charge is -2.35. The number of piperazine rings is 1. The summed E-state index contributed by atoms with van der Waals surface area (Å²) in [6.07, 6.45) is 4.57. The molecule has 1 aromatic heterocycles. The fourth-order valence-electron chi connectivity index (χ4n) is 3.93. The van der Waals surface area contributed by atoms with Crippen molar-refractivity contribution in [2.24, 2.45) is 0 Å². The molecule has 2 heterocycles. The second-order valence-electron chi connectivity index (χ2n) is 8.08. The van der Waals surface area contributed by atoms with Gasteiger partial charge in [-0.1, -0.05) is 13.3 Å². The van der Waals surface area contributed by atoms with Gasteiger partial charge in [0.05, 0.1) is 17.8 Å². The fourth-order valence-corrected chi connectivity index (χ4v) is 3.93. The summed E-state index contributed by atoms with van der Waals surface area (Å²) >= 11 is 0. The number of fused-ring (bicyclic) bond motifs is 1. The van der Waals surface area contributed by atoms with Crippen LogP contribution in [-0.2, 0) is 4.74 Å². The van der Waals surface area contributed by atoms with Crippen LogP contribution in [0.3, 0.4) is 0 Å². The van der Waals surface area contributed by atoms with E-state index in [9.17, 15) is 23.9 Å². The summed E-state index contributed by atoms with van der Waals surface area (Å²) in [5.41, 5.74) is -0.134. The SMILES string of the molecule is CCCCOC(=O)N1CCN(c2cc3c(cc2F)c(=O)c(C(=O)O)cn3C2CC2)CC1. The Morgan fingerprint density at radius 2 is 1.90 bits per heavy atom. The molecule has 0 unspecified atom stereocenters. The summed E-state index contributed by atoms with van der Waals surface area (Å²) in [6, 6.07) is 2.89. The van der Waals surface area contributed by atoms with Gasteiger partial charge in [0, 0.05) is 43.8 Å². The number of aromatic carboxylic acids is 1. The Bertz CT molecular complexity index is 1070. The van der Waals surface area contributed by atoms with Gasteiger partial charge in [0.2, 0.25) is 5.43 Å². The summed E-state index contributed by atoms with van der Waals surface area (Å²) in [7, 11) is 0. The number of hydrogen-bond donors (Lipinski definition) is 1. The van der Waals surface area contributed by atoms with Crippen molar-refractivity contribution in [2.45, 2.75) is 38.6 Å². The second kappa shape index (κ2) is 8.56. The minimum atomic E-state index is -1.31. The van der Waals surface area contributed by atoms with Gasteiger partial charge in [-0.3, -0.25) is 4.79 Å². The first kappa shape index (κ1) is 21.1. The van der Waals surface area contributed by atoms with Crippen LogP contribution in [0.4, 0.5) is 14.9 Å². The summed E-state index contributed by atoms with van der Waals surface area (Å²) in [5.74, 6) is -1.89. The minimum Gasteiger partial charge on any atom is -0.477 e. The number of carbonyl (C=O) groups is 2. The van der Waals surface area contributed by atoms with E-state index in [0.717, 1.165) is 31.7 Å². The van der Waals surface area contributed by atoms with Crippen LogP contribution in [-0.4, -0.2) is 59.4 Å². The highest BCUT2D eigenvalue weighted by Gasteiger charge is 2.29. The Balaban J connectivity index is 1.59. The van der Waals surface area contributed by atoms with E-state index in [4.69, 9.17) is 4.74 Å². The quantitative estimate of drug-likeness (QED) is 0.706. The maximum atomic E-state index is 15.0. The predicted molar refractivity (Wildman–Crippen MR) is 113 cm³/mol. The van der Waals surface area contributed by atoms with Gasteiger partial charge >= 0.3 is 12.1 Å². The summed E-state index contributed by atoms with van der Waals surface area (Å²) in [6.45, 7) is 4.12. The fraction of sp³-hybridized carbons (Fsp3) is 0.500. The molecule has 0 radical (unpaired) electrons. The van der Waals surface area contributed by atoms with E-state index in [-0.39, 0.29) is 23.1 Å².